The number of aryl methyl sites for hydroxylation is 1. The van der Waals surface area contributed by atoms with Crippen LogP contribution in [-0.4, -0.2) is 35.0 Å². The molecule has 0 spiro atoms. The van der Waals surface area contributed by atoms with Crippen molar-refractivity contribution in [3.05, 3.63) is 70.7 Å². The van der Waals surface area contributed by atoms with E-state index < -0.39 is 0 Å². The minimum Gasteiger partial charge on any atom is -0.338 e. The van der Waals surface area contributed by atoms with E-state index in [1.165, 1.54) is 0 Å². The molecule has 1 N–H and O–H groups in total. The summed E-state index contributed by atoms with van der Waals surface area (Å²) in [7, 11) is 0. The number of piperidine rings is 1. The second-order valence-electron chi connectivity index (χ2n) is 7.53. The van der Waals surface area contributed by atoms with E-state index >= 15 is 0 Å². The second kappa shape index (κ2) is 8.71. The maximum absolute atomic E-state index is 12.8. The van der Waals surface area contributed by atoms with Gasteiger partial charge in [-0.25, -0.2) is 0 Å². The summed E-state index contributed by atoms with van der Waals surface area (Å²) in [5.74, 6) is -0.264. The lowest BCUT2D eigenvalue weighted by atomic mass is 9.96. The molecule has 2 amide bonds. The molecule has 7 heteroatoms. The summed E-state index contributed by atoms with van der Waals surface area (Å²) < 4.78 is 5.29. The SMILES string of the molecule is Cc1ccc(-c2cc(NC(=O)[C@@H]3CCCN(C(=O)c4ccc(Cl)cc4)C3)on2)cc1. The van der Waals surface area contributed by atoms with E-state index in [0.29, 0.717) is 35.3 Å². The van der Waals surface area contributed by atoms with Crippen molar-refractivity contribution in [2.45, 2.75) is 19.8 Å². The summed E-state index contributed by atoms with van der Waals surface area (Å²) in [5, 5.41) is 7.42. The van der Waals surface area contributed by atoms with Crippen molar-refractivity contribution in [2.75, 3.05) is 18.4 Å². The van der Waals surface area contributed by atoms with Crippen molar-refractivity contribution in [2.24, 2.45) is 5.92 Å². The van der Waals surface area contributed by atoms with Crippen LogP contribution in [0.1, 0.15) is 28.8 Å². The number of rotatable bonds is 4. The molecular formula is C23H22ClN3O3. The van der Waals surface area contributed by atoms with Gasteiger partial charge in [0.05, 0.1) is 5.92 Å². The Morgan fingerprint density at radius 3 is 2.60 bits per heavy atom. The van der Waals surface area contributed by atoms with Crippen LogP contribution in [0.2, 0.25) is 5.02 Å². The Bertz CT molecular complexity index is 1040. The first kappa shape index (κ1) is 20.2. The number of anilines is 1. The van der Waals surface area contributed by atoms with Crippen LogP contribution in [0.3, 0.4) is 0 Å². The van der Waals surface area contributed by atoms with Crippen LogP contribution in [0.15, 0.2) is 59.1 Å². The first-order valence-corrected chi connectivity index (χ1v) is 10.3. The summed E-state index contributed by atoms with van der Waals surface area (Å²) in [4.78, 5) is 27.2. The van der Waals surface area contributed by atoms with Gasteiger partial charge in [0.25, 0.3) is 5.91 Å². The lowest BCUT2D eigenvalue weighted by Crippen LogP contribution is -2.43. The van der Waals surface area contributed by atoms with E-state index in [2.05, 4.69) is 10.5 Å². The van der Waals surface area contributed by atoms with Gasteiger partial charge in [-0.3, -0.25) is 14.9 Å². The molecule has 1 saturated heterocycles. The highest BCUT2D eigenvalue weighted by Crippen LogP contribution is 2.24. The minimum atomic E-state index is -0.303. The number of halogens is 1. The van der Waals surface area contributed by atoms with Gasteiger partial charge in [0.15, 0.2) is 0 Å². The molecule has 3 aromatic rings. The zero-order valence-electron chi connectivity index (χ0n) is 16.6. The van der Waals surface area contributed by atoms with Gasteiger partial charge in [-0.05, 0) is 44.0 Å². The fourth-order valence-corrected chi connectivity index (χ4v) is 3.69. The monoisotopic (exact) mass is 423 g/mol. The Morgan fingerprint density at radius 2 is 1.87 bits per heavy atom. The Hall–Kier alpha value is -3.12. The quantitative estimate of drug-likeness (QED) is 0.654. The summed E-state index contributed by atoms with van der Waals surface area (Å²) in [6, 6.07) is 16.4. The number of aromatic nitrogens is 1. The normalized spacial score (nSPS) is 16.3. The van der Waals surface area contributed by atoms with Crippen molar-refractivity contribution in [1.29, 1.82) is 0 Å². The standard InChI is InChI=1S/C23H22ClN3O3/c1-15-4-6-16(7-5-15)20-13-21(30-26-20)25-22(28)18-3-2-12-27(14-18)23(29)17-8-10-19(24)11-9-17/h4-11,13,18H,2-3,12,14H2,1H3,(H,25,28)/t18-/m1/s1. The second-order valence-corrected chi connectivity index (χ2v) is 7.97. The smallest absolute Gasteiger partial charge is 0.253 e. The minimum absolute atomic E-state index is 0.0921. The van der Waals surface area contributed by atoms with Crippen LogP contribution < -0.4 is 5.32 Å². The summed E-state index contributed by atoms with van der Waals surface area (Å²) in [6.07, 6.45) is 1.48. The van der Waals surface area contributed by atoms with Crippen LogP contribution in [0.4, 0.5) is 5.88 Å². The first-order chi connectivity index (χ1) is 14.5. The Labute approximate surface area is 179 Å². The van der Waals surface area contributed by atoms with Crippen LogP contribution in [0, 0.1) is 12.8 Å². The maximum atomic E-state index is 12.8. The molecule has 1 fully saturated rings. The Balaban J connectivity index is 1.39. The molecule has 1 atom stereocenters. The maximum Gasteiger partial charge on any atom is 0.253 e. The lowest BCUT2D eigenvalue weighted by Gasteiger charge is -2.32. The van der Waals surface area contributed by atoms with Gasteiger partial charge in [0, 0.05) is 35.3 Å². The van der Waals surface area contributed by atoms with Crippen molar-refractivity contribution in [3.63, 3.8) is 0 Å². The molecule has 4 rings (SSSR count). The number of likely N-dealkylation sites (tertiary alicyclic amines) is 1. The molecule has 1 aliphatic rings. The van der Waals surface area contributed by atoms with Crippen molar-refractivity contribution in [3.8, 4) is 11.3 Å². The van der Waals surface area contributed by atoms with Crippen molar-refractivity contribution in [1.82, 2.24) is 10.1 Å². The number of amides is 2. The Morgan fingerprint density at radius 1 is 1.13 bits per heavy atom. The van der Waals surface area contributed by atoms with Crippen molar-refractivity contribution < 1.29 is 14.1 Å². The fourth-order valence-electron chi connectivity index (χ4n) is 3.57. The predicted molar refractivity (Wildman–Crippen MR) is 115 cm³/mol. The summed E-state index contributed by atoms with van der Waals surface area (Å²) in [5.41, 5.74) is 3.31. The summed E-state index contributed by atoms with van der Waals surface area (Å²) >= 11 is 5.90. The third-order valence-corrected chi connectivity index (χ3v) is 5.53. The predicted octanol–water partition coefficient (Wildman–Crippen LogP) is 4.79. The van der Waals surface area contributed by atoms with Crippen LogP contribution in [0.25, 0.3) is 11.3 Å². The molecule has 154 valence electrons. The highest BCUT2D eigenvalue weighted by molar-refractivity contribution is 6.30. The molecule has 6 nitrogen and oxygen atoms in total. The molecule has 2 aromatic carbocycles. The van der Waals surface area contributed by atoms with Gasteiger partial charge in [0.2, 0.25) is 11.8 Å². The number of carbonyl (C=O) groups excluding carboxylic acids is 2. The lowest BCUT2D eigenvalue weighted by molar-refractivity contribution is -0.121. The van der Waals surface area contributed by atoms with E-state index in [1.54, 1.807) is 35.2 Å². The van der Waals surface area contributed by atoms with Gasteiger partial charge in [0.1, 0.15) is 5.69 Å². The largest absolute Gasteiger partial charge is 0.338 e. The molecule has 30 heavy (non-hydrogen) atoms. The van der Waals surface area contributed by atoms with Gasteiger partial charge in [-0.15, -0.1) is 0 Å². The molecule has 1 aliphatic heterocycles. The first-order valence-electron chi connectivity index (χ1n) is 9.89. The zero-order valence-corrected chi connectivity index (χ0v) is 17.4. The van der Waals surface area contributed by atoms with Gasteiger partial charge >= 0.3 is 0 Å². The molecule has 0 saturated carbocycles. The third kappa shape index (κ3) is 4.54. The van der Waals surface area contributed by atoms with Crippen molar-refractivity contribution >= 4 is 29.3 Å². The fraction of sp³-hybridized carbons (Fsp3) is 0.261. The Kier molecular flexibility index (Phi) is 5.86. The van der Waals surface area contributed by atoms with E-state index in [9.17, 15) is 9.59 Å². The zero-order chi connectivity index (χ0) is 21.1. The highest BCUT2D eigenvalue weighted by atomic mass is 35.5. The average molecular weight is 424 g/mol. The molecule has 0 unspecified atom stereocenters. The molecule has 0 aliphatic carbocycles. The number of benzene rings is 2. The van der Waals surface area contributed by atoms with Gasteiger partial charge < -0.3 is 9.42 Å². The average Bonchev–Trinajstić information content (AvgIpc) is 3.23. The van der Waals surface area contributed by atoms with Crippen LogP contribution >= 0.6 is 11.6 Å². The third-order valence-electron chi connectivity index (χ3n) is 5.27. The topological polar surface area (TPSA) is 75.4 Å². The molecule has 1 aromatic heterocycles. The van der Waals surface area contributed by atoms with Gasteiger partial charge in [-0.1, -0.05) is 46.6 Å². The highest BCUT2D eigenvalue weighted by Gasteiger charge is 2.29. The molecular weight excluding hydrogens is 402 g/mol. The number of hydrogen-bond donors (Lipinski definition) is 1. The number of carbonyl (C=O) groups is 2. The molecule has 2 heterocycles. The van der Waals surface area contributed by atoms with E-state index in [0.717, 1.165) is 24.0 Å². The number of nitrogens with zero attached hydrogens (tertiary/aromatic N) is 2. The van der Waals surface area contributed by atoms with E-state index in [4.69, 9.17) is 16.1 Å². The molecule has 0 radical (unpaired) electrons. The molecule has 0 bridgehead atoms. The van der Waals surface area contributed by atoms with Crippen LogP contribution in [-0.2, 0) is 4.79 Å². The van der Waals surface area contributed by atoms with Gasteiger partial charge in [-0.2, -0.15) is 0 Å². The van der Waals surface area contributed by atoms with E-state index in [1.807, 2.05) is 31.2 Å². The summed E-state index contributed by atoms with van der Waals surface area (Å²) in [6.45, 7) is 3.01. The number of nitrogens with one attached hydrogen (secondary N) is 1. The van der Waals surface area contributed by atoms with Crippen LogP contribution in [0.5, 0.6) is 0 Å². The van der Waals surface area contributed by atoms with E-state index in [-0.39, 0.29) is 17.7 Å². The number of hydrogen-bond acceptors (Lipinski definition) is 4.